The molecule has 5 heteroatoms. The summed E-state index contributed by atoms with van der Waals surface area (Å²) in [5.74, 6) is 1.37. The molecule has 0 bridgehead atoms. The van der Waals surface area contributed by atoms with Gasteiger partial charge in [0.1, 0.15) is 0 Å². The molecule has 2 rings (SSSR count). The summed E-state index contributed by atoms with van der Waals surface area (Å²) in [6.45, 7) is 3.42. The number of ether oxygens (including phenoxy) is 2. The highest BCUT2D eigenvalue weighted by Gasteiger charge is 2.10. The molecule has 0 radical (unpaired) electrons. The Labute approximate surface area is 119 Å². The van der Waals surface area contributed by atoms with Crippen molar-refractivity contribution >= 4 is 0 Å². The Bertz CT molecular complexity index is 573. The molecule has 0 amide bonds. The van der Waals surface area contributed by atoms with Crippen LogP contribution in [0.4, 0.5) is 0 Å². The van der Waals surface area contributed by atoms with E-state index in [0.29, 0.717) is 18.0 Å². The molecule has 0 saturated heterocycles. The molecule has 0 aliphatic heterocycles. The van der Waals surface area contributed by atoms with Crippen molar-refractivity contribution in [2.45, 2.75) is 20.0 Å². The van der Waals surface area contributed by atoms with Crippen molar-refractivity contribution in [1.82, 2.24) is 15.3 Å². The average molecular weight is 273 g/mol. The van der Waals surface area contributed by atoms with Gasteiger partial charge in [-0.15, -0.1) is 0 Å². The molecule has 0 unspecified atom stereocenters. The van der Waals surface area contributed by atoms with E-state index in [-0.39, 0.29) is 0 Å². The van der Waals surface area contributed by atoms with Gasteiger partial charge < -0.3 is 14.8 Å². The van der Waals surface area contributed by atoms with Gasteiger partial charge in [-0.1, -0.05) is 0 Å². The van der Waals surface area contributed by atoms with Crippen LogP contribution in [-0.2, 0) is 13.1 Å². The monoisotopic (exact) mass is 273 g/mol. The van der Waals surface area contributed by atoms with E-state index in [1.807, 2.05) is 19.2 Å². The van der Waals surface area contributed by atoms with Gasteiger partial charge in [0.15, 0.2) is 11.5 Å². The lowest BCUT2D eigenvalue weighted by atomic mass is 10.1. The van der Waals surface area contributed by atoms with Crippen LogP contribution in [-0.4, -0.2) is 24.2 Å². The molecule has 106 valence electrons. The number of aryl methyl sites for hydroxylation is 1. The predicted molar refractivity (Wildman–Crippen MR) is 76.9 cm³/mol. The molecule has 0 atom stereocenters. The van der Waals surface area contributed by atoms with Crippen molar-refractivity contribution in [3.63, 3.8) is 0 Å². The van der Waals surface area contributed by atoms with E-state index in [0.717, 1.165) is 12.2 Å². The highest BCUT2D eigenvalue weighted by Crippen LogP contribution is 2.28. The first-order valence-corrected chi connectivity index (χ1v) is 6.42. The van der Waals surface area contributed by atoms with Crippen LogP contribution in [0.2, 0.25) is 0 Å². The first kappa shape index (κ1) is 14.3. The smallest absolute Gasteiger partial charge is 0.183 e. The highest BCUT2D eigenvalue weighted by atomic mass is 16.5. The Kier molecular flexibility index (Phi) is 4.90. The minimum absolute atomic E-state index is 0.613. The Morgan fingerprint density at radius 1 is 1.10 bits per heavy atom. The number of nitrogens with one attached hydrogen (secondary N) is 1. The molecule has 2 aromatic rings. The van der Waals surface area contributed by atoms with Gasteiger partial charge in [0.25, 0.3) is 0 Å². The van der Waals surface area contributed by atoms with Gasteiger partial charge in [0.2, 0.25) is 0 Å². The zero-order valence-corrected chi connectivity index (χ0v) is 12.0. The van der Waals surface area contributed by atoms with Crippen LogP contribution in [0, 0.1) is 6.92 Å². The number of nitrogens with zero attached hydrogens (tertiary/aromatic N) is 2. The quantitative estimate of drug-likeness (QED) is 0.873. The Morgan fingerprint density at radius 3 is 2.65 bits per heavy atom. The van der Waals surface area contributed by atoms with Crippen molar-refractivity contribution in [2.75, 3.05) is 14.2 Å². The Balaban J connectivity index is 2.03. The van der Waals surface area contributed by atoms with Gasteiger partial charge >= 0.3 is 0 Å². The van der Waals surface area contributed by atoms with E-state index < -0.39 is 0 Å². The molecule has 0 fully saturated rings. The van der Waals surface area contributed by atoms with E-state index in [9.17, 15) is 0 Å². The summed E-state index contributed by atoms with van der Waals surface area (Å²) in [6, 6.07) is 3.80. The molecule has 2 heterocycles. The molecule has 5 nitrogen and oxygen atoms in total. The fourth-order valence-electron chi connectivity index (χ4n) is 1.99. The van der Waals surface area contributed by atoms with Gasteiger partial charge in [-0.05, 0) is 24.1 Å². The van der Waals surface area contributed by atoms with Gasteiger partial charge in [0.05, 0.1) is 19.9 Å². The maximum atomic E-state index is 5.36. The van der Waals surface area contributed by atoms with Crippen LogP contribution in [0.5, 0.6) is 11.5 Å². The third-order valence-electron chi connectivity index (χ3n) is 3.11. The summed E-state index contributed by atoms with van der Waals surface area (Å²) in [6.07, 6.45) is 5.38. The molecule has 0 aliphatic rings. The number of rotatable bonds is 6. The number of hydrogen-bond donors (Lipinski definition) is 1. The minimum atomic E-state index is 0.613. The Morgan fingerprint density at radius 2 is 1.95 bits per heavy atom. The fourth-order valence-corrected chi connectivity index (χ4v) is 1.99. The lowest BCUT2D eigenvalue weighted by Crippen LogP contribution is -2.15. The van der Waals surface area contributed by atoms with E-state index in [2.05, 4.69) is 15.3 Å². The van der Waals surface area contributed by atoms with E-state index in [1.54, 1.807) is 32.7 Å². The van der Waals surface area contributed by atoms with Crippen LogP contribution < -0.4 is 14.8 Å². The number of aromatic nitrogens is 2. The van der Waals surface area contributed by atoms with Gasteiger partial charge in [0, 0.05) is 37.7 Å². The highest BCUT2D eigenvalue weighted by molar-refractivity contribution is 5.42. The van der Waals surface area contributed by atoms with Crippen molar-refractivity contribution in [3.8, 4) is 11.5 Å². The Hall–Kier alpha value is -2.14. The number of pyridine rings is 2. The lowest BCUT2D eigenvalue weighted by Gasteiger charge is -2.12. The molecular formula is C15H19N3O2. The first-order chi connectivity index (χ1) is 9.76. The fraction of sp³-hybridized carbons (Fsp3) is 0.333. The SMILES string of the molecule is COc1ccnc(CNCc2ccncc2C)c1OC. The van der Waals surface area contributed by atoms with Crippen LogP contribution in [0.25, 0.3) is 0 Å². The number of hydrogen-bond acceptors (Lipinski definition) is 5. The maximum absolute atomic E-state index is 5.36. The second-order valence-electron chi connectivity index (χ2n) is 4.40. The molecule has 0 spiro atoms. The van der Waals surface area contributed by atoms with Gasteiger partial charge in [-0.3, -0.25) is 9.97 Å². The van der Waals surface area contributed by atoms with Gasteiger partial charge in [-0.2, -0.15) is 0 Å². The van der Waals surface area contributed by atoms with E-state index in [4.69, 9.17) is 9.47 Å². The molecule has 1 N–H and O–H groups in total. The number of methoxy groups -OCH3 is 2. The summed E-state index contributed by atoms with van der Waals surface area (Å²) in [4.78, 5) is 8.42. The first-order valence-electron chi connectivity index (χ1n) is 6.42. The maximum Gasteiger partial charge on any atom is 0.183 e. The zero-order valence-electron chi connectivity index (χ0n) is 12.0. The molecule has 0 aromatic carbocycles. The third-order valence-corrected chi connectivity index (χ3v) is 3.11. The van der Waals surface area contributed by atoms with E-state index in [1.165, 1.54) is 11.1 Å². The molecule has 0 saturated carbocycles. The molecule has 20 heavy (non-hydrogen) atoms. The second kappa shape index (κ2) is 6.86. The molecule has 2 aromatic heterocycles. The summed E-state index contributed by atoms with van der Waals surface area (Å²) in [5, 5.41) is 3.36. The topological polar surface area (TPSA) is 56.3 Å². The van der Waals surface area contributed by atoms with Crippen LogP contribution in [0.15, 0.2) is 30.7 Å². The van der Waals surface area contributed by atoms with Crippen molar-refractivity contribution in [3.05, 3.63) is 47.5 Å². The second-order valence-corrected chi connectivity index (χ2v) is 4.40. The van der Waals surface area contributed by atoms with Crippen molar-refractivity contribution < 1.29 is 9.47 Å². The van der Waals surface area contributed by atoms with Crippen LogP contribution in [0.1, 0.15) is 16.8 Å². The largest absolute Gasteiger partial charge is 0.493 e. The third kappa shape index (κ3) is 3.24. The molecule has 0 aliphatic carbocycles. The van der Waals surface area contributed by atoms with Crippen molar-refractivity contribution in [2.24, 2.45) is 0 Å². The van der Waals surface area contributed by atoms with Gasteiger partial charge in [-0.25, -0.2) is 0 Å². The summed E-state index contributed by atoms with van der Waals surface area (Å²) in [5.41, 5.74) is 3.23. The normalized spacial score (nSPS) is 10.3. The summed E-state index contributed by atoms with van der Waals surface area (Å²) < 4.78 is 10.6. The zero-order chi connectivity index (χ0) is 14.4. The summed E-state index contributed by atoms with van der Waals surface area (Å²) >= 11 is 0. The van der Waals surface area contributed by atoms with E-state index >= 15 is 0 Å². The standard InChI is InChI=1S/C15H19N3O2/c1-11-8-16-6-4-12(11)9-17-10-13-15(20-3)14(19-2)5-7-18-13/h4-8,17H,9-10H2,1-3H3. The van der Waals surface area contributed by atoms with Crippen molar-refractivity contribution in [1.29, 1.82) is 0 Å². The van der Waals surface area contributed by atoms with Crippen LogP contribution in [0.3, 0.4) is 0 Å². The lowest BCUT2D eigenvalue weighted by molar-refractivity contribution is 0.348. The minimum Gasteiger partial charge on any atom is -0.493 e. The van der Waals surface area contributed by atoms with Crippen LogP contribution >= 0.6 is 0 Å². The summed E-state index contributed by atoms with van der Waals surface area (Å²) in [7, 11) is 3.24. The predicted octanol–water partition coefficient (Wildman–Crippen LogP) is 2.09. The average Bonchev–Trinajstić information content (AvgIpc) is 2.48. The molecular weight excluding hydrogens is 254 g/mol.